The minimum Gasteiger partial charge on any atom is -0.318 e. The molecule has 0 fully saturated rings. The van der Waals surface area contributed by atoms with Gasteiger partial charge in [-0.1, -0.05) is 11.6 Å². The van der Waals surface area contributed by atoms with Gasteiger partial charge in [0.05, 0.1) is 5.69 Å². The predicted octanol–water partition coefficient (Wildman–Crippen LogP) is 1.39. The van der Waals surface area contributed by atoms with Crippen molar-refractivity contribution in [3.63, 3.8) is 0 Å². The van der Waals surface area contributed by atoms with Crippen LogP contribution in [0.15, 0.2) is 18.3 Å². The van der Waals surface area contributed by atoms with Crippen molar-refractivity contribution < 1.29 is 0 Å². The molecule has 4 heteroatoms. The SMILES string of the molecule is CNCCN(C)Cc1cc(Cl)ccn1. The first-order chi connectivity index (χ1) is 6.72. The van der Waals surface area contributed by atoms with Crippen molar-refractivity contribution in [1.82, 2.24) is 15.2 Å². The van der Waals surface area contributed by atoms with Crippen LogP contribution in [0.1, 0.15) is 5.69 Å². The Labute approximate surface area is 90.1 Å². The summed E-state index contributed by atoms with van der Waals surface area (Å²) in [6.45, 7) is 2.82. The summed E-state index contributed by atoms with van der Waals surface area (Å²) in [6.07, 6.45) is 1.74. The summed E-state index contributed by atoms with van der Waals surface area (Å²) in [6, 6.07) is 3.69. The van der Waals surface area contributed by atoms with Crippen LogP contribution in [0.3, 0.4) is 0 Å². The monoisotopic (exact) mass is 213 g/mol. The first-order valence-corrected chi connectivity index (χ1v) is 5.03. The van der Waals surface area contributed by atoms with Gasteiger partial charge in [-0.25, -0.2) is 0 Å². The second-order valence-electron chi connectivity index (χ2n) is 3.31. The lowest BCUT2D eigenvalue weighted by Crippen LogP contribution is -2.27. The van der Waals surface area contributed by atoms with E-state index >= 15 is 0 Å². The van der Waals surface area contributed by atoms with Crippen molar-refractivity contribution >= 4 is 11.6 Å². The highest BCUT2D eigenvalue weighted by Crippen LogP contribution is 2.08. The number of hydrogen-bond donors (Lipinski definition) is 1. The number of halogens is 1. The molecule has 0 aliphatic heterocycles. The molecule has 0 spiro atoms. The second-order valence-corrected chi connectivity index (χ2v) is 3.74. The van der Waals surface area contributed by atoms with Crippen LogP contribution in [-0.2, 0) is 6.54 Å². The molecule has 1 aromatic rings. The van der Waals surface area contributed by atoms with Gasteiger partial charge in [0.25, 0.3) is 0 Å². The molecule has 0 radical (unpaired) electrons. The number of aromatic nitrogens is 1. The third-order valence-corrected chi connectivity index (χ3v) is 2.19. The Kier molecular flexibility index (Phi) is 4.87. The van der Waals surface area contributed by atoms with E-state index in [1.165, 1.54) is 0 Å². The topological polar surface area (TPSA) is 28.2 Å². The summed E-state index contributed by atoms with van der Waals surface area (Å²) in [4.78, 5) is 6.44. The zero-order chi connectivity index (χ0) is 10.4. The highest BCUT2D eigenvalue weighted by atomic mass is 35.5. The van der Waals surface area contributed by atoms with Gasteiger partial charge < -0.3 is 5.32 Å². The van der Waals surface area contributed by atoms with E-state index in [0.717, 1.165) is 30.4 Å². The second kappa shape index (κ2) is 5.96. The van der Waals surface area contributed by atoms with E-state index in [1.54, 1.807) is 12.3 Å². The Balaban J connectivity index is 2.43. The van der Waals surface area contributed by atoms with E-state index in [1.807, 2.05) is 13.1 Å². The summed E-state index contributed by atoms with van der Waals surface area (Å²) in [5.41, 5.74) is 1.01. The molecule has 1 rings (SSSR count). The van der Waals surface area contributed by atoms with Crippen molar-refractivity contribution in [1.29, 1.82) is 0 Å². The maximum atomic E-state index is 5.86. The highest BCUT2D eigenvalue weighted by molar-refractivity contribution is 6.30. The Morgan fingerprint density at radius 3 is 3.00 bits per heavy atom. The minimum atomic E-state index is 0.747. The number of nitrogens with zero attached hydrogens (tertiary/aromatic N) is 2. The van der Waals surface area contributed by atoms with Crippen LogP contribution in [-0.4, -0.2) is 37.1 Å². The van der Waals surface area contributed by atoms with Crippen LogP contribution < -0.4 is 5.32 Å². The van der Waals surface area contributed by atoms with Gasteiger partial charge in [-0.05, 0) is 26.2 Å². The molecule has 1 heterocycles. The third kappa shape index (κ3) is 4.05. The number of rotatable bonds is 5. The van der Waals surface area contributed by atoms with Gasteiger partial charge in [0.15, 0.2) is 0 Å². The summed E-state index contributed by atoms with van der Waals surface area (Å²) in [5, 5.41) is 3.85. The van der Waals surface area contributed by atoms with Crippen molar-refractivity contribution in [2.24, 2.45) is 0 Å². The zero-order valence-electron chi connectivity index (χ0n) is 8.63. The lowest BCUT2D eigenvalue weighted by molar-refractivity contribution is 0.324. The van der Waals surface area contributed by atoms with Crippen LogP contribution in [0.2, 0.25) is 5.02 Å². The van der Waals surface area contributed by atoms with Crippen LogP contribution in [0, 0.1) is 0 Å². The largest absolute Gasteiger partial charge is 0.318 e. The summed E-state index contributed by atoms with van der Waals surface area (Å²) < 4.78 is 0. The van der Waals surface area contributed by atoms with Gasteiger partial charge in [-0.2, -0.15) is 0 Å². The molecule has 1 aromatic heterocycles. The standard InChI is InChI=1S/C10H16ClN3/c1-12-5-6-14(2)8-10-7-9(11)3-4-13-10/h3-4,7,12H,5-6,8H2,1-2H3. The normalized spacial score (nSPS) is 10.9. The van der Waals surface area contributed by atoms with Gasteiger partial charge in [0.2, 0.25) is 0 Å². The van der Waals surface area contributed by atoms with E-state index in [9.17, 15) is 0 Å². The molecule has 0 atom stereocenters. The Bertz CT molecular complexity index is 278. The van der Waals surface area contributed by atoms with E-state index in [0.29, 0.717) is 0 Å². The Morgan fingerprint density at radius 1 is 1.57 bits per heavy atom. The molecule has 0 aliphatic rings. The first-order valence-electron chi connectivity index (χ1n) is 4.66. The predicted molar refractivity (Wildman–Crippen MR) is 59.5 cm³/mol. The molecule has 0 saturated carbocycles. The number of hydrogen-bond acceptors (Lipinski definition) is 3. The van der Waals surface area contributed by atoms with E-state index in [2.05, 4.69) is 22.2 Å². The molecular weight excluding hydrogens is 198 g/mol. The van der Waals surface area contributed by atoms with E-state index in [-0.39, 0.29) is 0 Å². The average molecular weight is 214 g/mol. The molecule has 0 unspecified atom stereocenters. The Hall–Kier alpha value is -0.640. The van der Waals surface area contributed by atoms with Crippen LogP contribution in [0.5, 0.6) is 0 Å². The van der Waals surface area contributed by atoms with Gasteiger partial charge in [-0.15, -0.1) is 0 Å². The van der Waals surface area contributed by atoms with Crippen LogP contribution in [0.25, 0.3) is 0 Å². The maximum Gasteiger partial charge on any atom is 0.0558 e. The fourth-order valence-electron chi connectivity index (χ4n) is 1.19. The zero-order valence-corrected chi connectivity index (χ0v) is 9.38. The van der Waals surface area contributed by atoms with Crippen molar-refractivity contribution in [3.8, 4) is 0 Å². The van der Waals surface area contributed by atoms with E-state index < -0.39 is 0 Å². The van der Waals surface area contributed by atoms with Crippen molar-refractivity contribution in [3.05, 3.63) is 29.0 Å². The smallest absolute Gasteiger partial charge is 0.0558 e. The van der Waals surface area contributed by atoms with Crippen molar-refractivity contribution in [2.75, 3.05) is 27.2 Å². The summed E-state index contributed by atoms with van der Waals surface area (Å²) in [5.74, 6) is 0. The Morgan fingerprint density at radius 2 is 2.36 bits per heavy atom. The third-order valence-electron chi connectivity index (χ3n) is 1.95. The molecule has 78 valence electrons. The molecule has 0 aliphatic carbocycles. The maximum absolute atomic E-state index is 5.86. The lowest BCUT2D eigenvalue weighted by Gasteiger charge is -2.15. The first kappa shape index (κ1) is 11.4. The van der Waals surface area contributed by atoms with Gasteiger partial charge in [0.1, 0.15) is 0 Å². The quantitative estimate of drug-likeness (QED) is 0.801. The highest BCUT2D eigenvalue weighted by Gasteiger charge is 2.00. The molecule has 0 saturated heterocycles. The molecule has 0 bridgehead atoms. The molecule has 0 aromatic carbocycles. The molecule has 0 amide bonds. The fraction of sp³-hybridized carbons (Fsp3) is 0.500. The van der Waals surface area contributed by atoms with Crippen LogP contribution >= 0.6 is 11.6 Å². The molecule has 1 N–H and O–H groups in total. The van der Waals surface area contributed by atoms with E-state index in [4.69, 9.17) is 11.6 Å². The number of likely N-dealkylation sites (N-methyl/N-ethyl adjacent to an activating group) is 2. The molecule has 3 nitrogen and oxygen atoms in total. The van der Waals surface area contributed by atoms with Crippen LogP contribution in [0.4, 0.5) is 0 Å². The minimum absolute atomic E-state index is 0.747. The van der Waals surface area contributed by atoms with Gasteiger partial charge >= 0.3 is 0 Å². The number of nitrogens with one attached hydrogen (secondary N) is 1. The summed E-state index contributed by atoms with van der Waals surface area (Å²) in [7, 11) is 4.02. The summed E-state index contributed by atoms with van der Waals surface area (Å²) >= 11 is 5.86. The van der Waals surface area contributed by atoms with Crippen molar-refractivity contribution in [2.45, 2.75) is 6.54 Å². The molecular formula is C10H16ClN3. The molecule has 14 heavy (non-hydrogen) atoms. The van der Waals surface area contributed by atoms with Gasteiger partial charge in [0, 0.05) is 30.9 Å². The fourth-order valence-corrected chi connectivity index (χ4v) is 1.38. The van der Waals surface area contributed by atoms with Gasteiger partial charge in [-0.3, -0.25) is 9.88 Å². The number of pyridine rings is 1. The lowest BCUT2D eigenvalue weighted by atomic mass is 10.3. The average Bonchev–Trinajstić information content (AvgIpc) is 2.15.